The van der Waals surface area contributed by atoms with Crippen molar-refractivity contribution in [3.63, 3.8) is 0 Å². The predicted molar refractivity (Wildman–Crippen MR) is 145 cm³/mol. The Labute approximate surface area is 223 Å². The third-order valence-corrected chi connectivity index (χ3v) is 8.31. The maximum Gasteiger partial charge on any atom is 0.225 e. The van der Waals surface area contributed by atoms with Crippen molar-refractivity contribution in [3.05, 3.63) is 52.7 Å². The molecule has 0 aliphatic heterocycles. The van der Waals surface area contributed by atoms with Crippen molar-refractivity contribution in [1.29, 1.82) is 0 Å². The molecule has 3 aromatic heterocycles. The topological polar surface area (TPSA) is 132 Å². The standard InChI is InChI=1S/C25H28BrN7O3S/c1-25(24(34)27-2)7-6-15(12-25)9-20-29-14-19-22(26)32-33(23(19)31-20)18-10-16-5-4-8-28-21(16)17(11-18)13-30-37(3,35)36/h4-5,8,10-11,14-15,30H,6-7,9,12-13H2,1-3H3,(H,27,34)/t15-,25+/m0/s1. The summed E-state index contributed by atoms with van der Waals surface area (Å²) in [6.07, 6.45) is 7.85. The molecule has 194 valence electrons. The van der Waals surface area contributed by atoms with Gasteiger partial charge in [-0.3, -0.25) is 9.78 Å². The molecule has 2 N–H and O–H groups in total. The summed E-state index contributed by atoms with van der Waals surface area (Å²) in [5.41, 5.74) is 2.47. The van der Waals surface area contributed by atoms with Crippen LogP contribution >= 0.6 is 15.9 Å². The number of amides is 1. The summed E-state index contributed by atoms with van der Waals surface area (Å²) in [7, 11) is -1.70. The maximum atomic E-state index is 12.3. The number of carbonyl (C=O) groups is 1. The van der Waals surface area contributed by atoms with Gasteiger partial charge in [0.15, 0.2) is 5.65 Å². The summed E-state index contributed by atoms with van der Waals surface area (Å²) < 4.78 is 28.4. The second kappa shape index (κ2) is 9.73. The van der Waals surface area contributed by atoms with E-state index in [2.05, 4.69) is 41.0 Å². The Balaban J connectivity index is 1.52. The predicted octanol–water partition coefficient (Wildman–Crippen LogP) is 3.27. The lowest BCUT2D eigenvalue weighted by atomic mass is 9.86. The molecule has 0 unspecified atom stereocenters. The van der Waals surface area contributed by atoms with Crippen molar-refractivity contribution in [2.75, 3.05) is 13.3 Å². The highest BCUT2D eigenvalue weighted by Gasteiger charge is 2.40. The number of pyridine rings is 1. The highest BCUT2D eigenvalue weighted by Crippen LogP contribution is 2.42. The molecule has 1 aliphatic carbocycles. The van der Waals surface area contributed by atoms with Gasteiger partial charge in [0, 0.05) is 43.2 Å². The average Bonchev–Trinajstić information content (AvgIpc) is 3.41. The number of benzene rings is 1. The first-order valence-electron chi connectivity index (χ1n) is 12.0. The molecule has 2 atom stereocenters. The Kier molecular flexibility index (Phi) is 6.75. The van der Waals surface area contributed by atoms with Gasteiger partial charge in [-0.2, -0.15) is 5.10 Å². The third-order valence-electron chi connectivity index (χ3n) is 7.06. The minimum absolute atomic E-state index is 0.0836. The summed E-state index contributed by atoms with van der Waals surface area (Å²) in [6.45, 7) is 2.12. The fourth-order valence-corrected chi connectivity index (χ4v) is 6.06. The lowest BCUT2D eigenvalue weighted by Crippen LogP contribution is -2.35. The highest BCUT2D eigenvalue weighted by atomic mass is 79.9. The molecule has 0 radical (unpaired) electrons. The molecule has 5 rings (SSSR count). The van der Waals surface area contributed by atoms with E-state index in [1.165, 1.54) is 0 Å². The molecule has 4 aromatic rings. The fourth-order valence-electron chi connectivity index (χ4n) is 5.20. The molecule has 37 heavy (non-hydrogen) atoms. The van der Waals surface area contributed by atoms with Gasteiger partial charge in [0.25, 0.3) is 0 Å². The summed E-state index contributed by atoms with van der Waals surface area (Å²) >= 11 is 3.53. The Bertz CT molecular complexity index is 1620. The number of hydrogen-bond acceptors (Lipinski definition) is 7. The molecule has 1 amide bonds. The zero-order valence-corrected chi connectivity index (χ0v) is 23.2. The van der Waals surface area contributed by atoms with Crippen LogP contribution in [0.1, 0.15) is 37.6 Å². The number of hydrogen-bond donors (Lipinski definition) is 2. The molecule has 1 saturated carbocycles. The van der Waals surface area contributed by atoms with Crippen LogP contribution in [-0.4, -0.2) is 52.4 Å². The van der Waals surface area contributed by atoms with Crippen molar-refractivity contribution >= 4 is 53.8 Å². The van der Waals surface area contributed by atoms with Gasteiger partial charge >= 0.3 is 0 Å². The summed E-state index contributed by atoms with van der Waals surface area (Å²) in [4.78, 5) is 26.3. The molecule has 0 spiro atoms. The Morgan fingerprint density at radius 3 is 2.86 bits per heavy atom. The largest absolute Gasteiger partial charge is 0.359 e. The quantitative estimate of drug-likeness (QED) is 0.340. The van der Waals surface area contributed by atoms with E-state index in [0.717, 1.165) is 47.5 Å². The molecule has 10 nitrogen and oxygen atoms in total. The fraction of sp³-hybridized carbons (Fsp3) is 0.400. The first-order chi connectivity index (χ1) is 17.6. The highest BCUT2D eigenvalue weighted by molar-refractivity contribution is 9.10. The lowest BCUT2D eigenvalue weighted by Gasteiger charge is -2.21. The maximum absolute atomic E-state index is 12.3. The number of halogens is 1. The van der Waals surface area contributed by atoms with Crippen molar-refractivity contribution in [3.8, 4) is 5.69 Å². The molecule has 0 saturated heterocycles. The van der Waals surface area contributed by atoms with Crippen LogP contribution in [0.4, 0.5) is 0 Å². The van der Waals surface area contributed by atoms with Gasteiger partial charge in [0.2, 0.25) is 15.9 Å². The molecule has 1 fully saturated rings. The number of sulfonamides is 1. The van der Waals surface area contributed by atoms with E-state index in [9.17, 15) is 13.2 Å². The molecule has 0 bridgehead atoms. The van der Waals surface area contributed by atoms with Crippen LogP contribution in [0.15, 0.2) is 41.3 Å². The summed E-state index contributed by atoms with van der Waals surface area (Å²) in [6, 6.07) is 7.60. The monoisotopic (exact) mass is 585 g/mol. The van der Waals surface area contributed by atoms with Gasteiger partial charge in [-0.25, -0.2) is 27.8 Å². The number of fused-ring (bicyclic) bond motifs is 2. The Morgan fingerprint density at radius 1 is 1.30 bits per heavy atom. The van der Waals surface area contributed by atoms with E-state index >= 15 is 0 Å². The second-order valence-electron chi connectivity index (χ2n) is 9.95. The molecule has 1 aromatic carbocycles. The Hall–Kier alpha value is -2.96. The van der Waals surface area contributed by atoms with Crippen molar-refractivity contribution < 1.29 is 13.2 Å². The van der Waals surface area contributed by atoms with Gasteiger partial charge in [-0.1, -0.05) is 13.0 Å². The van der Waals surface area contributed by atoms with Crippen molar-refractivity contribution in [2.24, 2.45) is 11.3 Å². The first kappa shape index (κ1) is 25.7. The smallest absolute Gasteiger partial charge is 0.225 e. The van der Waals surface area contributed by atoms with Gasteiger partial charge in [-0.15, -0.1) is 0 Å². The third kappa shape index (κ3) is 5.23. The molecule has 12 heteroatoms. The van der Waals surface area contributed by atoms with Crippen LogP contribution in [0, 0.1) is 11.3 Å². The van der Waals surface area contributed by atoms with Crippen LogP contribution in [0.5, 0.6) is 0 Å². The Morgan fingerprint density at radius 2 is 2.11 bits per heavy atom. The lowest BCUT2D eigenvalue weighted by molar-refractivity contribution is -0.129. The number of aromatic nitrogens is 5. The zero-order valence-electron chi connectivity index (χ0n) is 20.8. The minimum Gasteiger partial charge on any atom is -0.359 e. The number of nitrogens with one attached hydrogen (secondary N) is 2. The van der Waals surface area contributed by atoms with Crippen LogP contribution in [-0.2, 0) is 27.8 Å². The average molecular weight is 587 g/mol. The van der Waals surface area contributed by atoms with Crippen molar-refractivity contribution in [1.82, 2.24) is 34.8 Å². The van der Waals surface area contributed by atoms with Gasteiger partial charge in [0.05, 0.1) is 22.8 Å². The van der Waals surface area contributed by atoms with Gasteiger partial charge in [0.1, 0.15) is 10.4 Å². The molecule has 1 aliphatic rings. The number of rotatable bonds is 7. The van der Waals surface area contributed by atoms with E-state index in [1.807, 2.05) is 31.2 Å². The molecule has 3 heterocycles. The summed E-state index contributed by atoms with van der Waals surface area (Å²) in [5.74, 6) is 1.11. The van der Waals surface area contributed by atoms with Gasteiger partial charge < -0.3 is 5.32 Å². The number of carbonyl (C=O) groups excluding carboxylic acids is 1. The van der Waals surface area contributed by atoms with Crippen LogP contribution < -0.4 is 10.0 Å². The molecular formula is C25H28BrN7O3S. The normalized spacial score (nSPS) is 20.1. The second-order valence-corrected chi connectivity index (χ2v) is 12.5. The first-order valence-corrected chi connectivity index (χ1v) is 14.7. The van der Waals surface area contributed by atoms with E-state index < -0.39 is 10.0 Å². The van der Waals surface area contributed by atoms with Crippen LogP contribution in [0.3, 0.4) is 0 Å². The van der Waals surface area contributed by atoms with E-state index in [-0.39, 0.29) is 17.9 Å². The molecular weight excluding hydrogens is 558 g/mol. The summed E-state index contributed by atoms with van der Waals surface area (Å²) in [5, 5.41) is 9.09. The van der Waals surface area contributed by atoms with E-state index in [4.69, 9.17) is 4.98 Å². The number of nitrogens with zero attached hydrogens (tertiary/aromatic N) is 5. The van der Waals surface area contributed by atoms with Crippen LogP contribution in [0.2, 0.25) is 0 Å². The SMILES string of the molecule is CNC(=O)[C@]1(C)CC[C@@H](Cc2ncc3c(Br)nn(-c4cc(CNS(C)(=O)=O)c5ncccc5c4)c3n2)C1. The minimum atomic E-state index is -3.39. The van der Waals surface area contributed by atoms with E-state index in [0.29, 0.717) is 33.9 Å². The van der Waals surface area contributed by atoms with Crippen molar-refractivity contribution in [2.45, 2.75) is 39.2 Å². The van der Waals surface area contributed by atoms with Crippen LogP contribution in [0.25, 0.3) is 27.6 Å². The van der Waals surface area contributed by atoms with Gasteiger partial charge in [-0.05, 0) is 64.9 Å². The van der Waals surface area contributed by atoms with E-state index in [1.54, 1.807) is 24.1 Å². The zero-order chi connectivity index (χ0) is 26.4.